The first-order valence-electron chi connectivity index (χ1n) is 8.54. The first-order valence-corrected chi connectivity index (χ1v) is 9.98. The maximum absolute atomic E-state index is 12.9. The predicted molar refractivity (Wildman–Crippen MR) is 94.5 cm³/mol. The van der Waals surface area contributed by atoms with E-state index in [9.17, 15) is 13.2 Å². The molecule has 2 aromatic rings. The van der Waals surface area contributed by atoms with E-state index in [1.54, 1.807) is 18.7 Å². The lowest BCUT2D eigenvalue weighted by atomic mass is 9.99. The highest BCUT2D eigenvalue weighted by Crippen LogP contribution is 2.25. The Balaban J connectivity index is 1.66. The highest BCUT2D eigenvalue weighted by molar-refractivity contribution is 7.89. The van der Waals surface area contributed by atoms with E-state index >= 15 is 0 Å². The molecule has 3 rings (SSSR count). The smallest absolute Gasteiger partial charge is 0.246 e. The van der Waals surface area contributed by atoms with Gasteiger partial charge in [-0.2, -0.15) is 14.5 Å². The van der Waals surface area contributed by atoms with E-state index in [1.165, 1.54) is 15.2 Å². The number of carbonyl (C=O) groups is 1. The first-order chi connectivity index (χ1) is 12.3. The summed E-state index contributed by atoms with van der Waals surface area (Å²) in [6.07, 6.45) is 4.51. The van der Waals surface area contributed by atoms with Gasteiger partial charge < -0.3 is 5.32 Å². The highest BCUT2D eigenvalue weighted by atomic mass is 32.2. The molecule has 1 aliphatic rings. The molecule has 142 valence electrons. The Kier molecular flexibility index (Phi) is 5.15. The van der Waals surface area contributed by atoms with Crippen molar-refractivity contribution in [2.45, 2.75) is 31.2 Å². The largest absolute Gasteiger partial charge is 0.350 e. The van der Waals surface area contributed by atoms with Crippen molar-refractivity contribution >= 4 is 15.9 Å². The SMILES string of the molecule is Cc1c(S(=O)(=O)N2CCC[C@@H](C(=O)NCc3ccn(C)n3)C2)cnn1C. The molecule has 0 spiro atoms. The molecule has 2 aromatic heterocycles. The van der Waals surface area contributed by atoms with Crippen molar-refractivity contribution in [1.29, 1.82) is 0 Å². The van der Waals surface area contributed by atoms with Crippen molar-refractivity contribution in [3.8, 4) is 0 Å². The average molecular weight is 380 g/mol. The number of piperidine rings is 1. The summed E-state index contributed by atoms with van der Waals surface area (Å²) in [5.41, 5.74) is 1.36. The second-order valence-electron chi connectivity index (χ2n) is 6.62. The van der Waals surface area contributed by atoms with Crippen molar-refractivity contribution in [2.24, 2.45) is 20.0 Å². The monoisotopic (exact) mass is 380 g/mol. The van der Waals surface area contributed by atoms with E-state index in [-0.39, 0.29) is 23.3 Å². The molecule has 1 atom stereocenters. The molecule has 0 aliphatic carbocycles. The number of nitrogens with zero attached hydrogens (tertiary/aromatic N) is 5. The van der Waals surface area contributed by atoms with Crippen LogP contribution in [0.15, 0.2) is 23.4 Å². The lowest BCUT2D eigenvalue weighted by Crippen LogP contribution is -2.45. The number of aryl methyl sites for hydroxylation is 2. The summed E-state index contributed by atoms with van der Waals surface area (Å²) in [7, 11) is -0.126. The van der Waals surface area contributed by atoms with Gasteiger partial charge in [0.2, 0.25) is 15.9 Å². The van der Waals surface area contributed by atoms with Gasteiger partial charge in [0.05, 0.1) is 30.0 Å². The van der Waals surface area contributed by atoms with Gasteiger partial charge in [-0.25, -0.2) is 8.42 Å². The molecule has 9 nitrogen and oxygen atoms in total. The van der Waals surface area contributed by atoms with Crippen LogP contribution in [0.3, 0.4) is 0 Å². The third kappa shape index (κ3) is 3.65. The minimum atomic E-state index is -3.65. The van der Waals surface area contributed by atoms with Gasteiger partial charge in [-0.15, -0.1) is 0 Å². The van der Waals surface area contributed by atoms with Gasteiger partial charge in [0.25, 0.3) is 0 Å². The van der Waals surface area contributed by atoms with Crippen molar-refractivity contribution in [2.75, 3.05) is 13.1 Å². The standard InChI is InChI=1S/C16H24N6O3S/c1-12-15(10-18-21(12)3)26(24,25)22-7-4-5-13(11-22)16(23)17-9-14-6-8-20(2)19-14/h6,8,10,13H,4-5,7,9,11H2,1-3H3,(H,17,23)/t13-/m1/s1. The number of nitrogens with one attached hydrogen (secondary N) is 1. The number of hydrogen-bond acceptors (Lipinski definition) is 5. The van der Waals surface area contributed by atoms with E-state index in [1.807, 2.05) is 19.3 Å². The van der Waals surface area contributed by atoms with Crippen LogP contribution in [0.25, 0.3) is 0 Å². The Morgan fingerprint density at radius 3 is 2.77 bits per heavy atom. The molecular weight excluding hydrogens is 356 g/mol. The second kappa shape index (κ2) is 7.20. The van der Waals surface area contributed by atoms with E-state index in [0.717, 1.165) is 5.69 Å². The topological polar surface area (TPSA) is 102 Å². The van der Waals surface area contributed by atoms with Gasteiger partial charge in [0.15, 0.2) is 0 Å². The summed E-state index contributed by atoms with van der Waals surface area (Å²) in [6.45, 7) is 2.66. The second-order valence-corrected chi connectivity index (χ2v) is 8.52. The molecule has 1 saturated heterocycles. The molecule has 0 unspecified atom stereocenters. The van der Waals surface area contributed by atoms with E-state index < -0.39 is 10.0 Å². The summed E-state index contributed by atoms with van der Waals surface area (Å²) in [5.74, 6) is -0.502. The number of sulfonamides is 1. The van der Waals surface area contributed by atoms with Crippen LogP contribution in [-0.4, -0.2) is 51.3 Å². The molecule has 3 heterocycles. The maximum Gasteiger partial charge on any atom is 0.246 e. The van der Waals surface area contributed by atoms with Crippen LogP contribution >= 0.6 is 0 Å². The summed E-state index contributed by atoms with van der Waals surface area (Å²) >= 11 is 0. The van der Waals surface area contributed by atoms with Crippen LogP contribution in [0.4, 0.5) is 0 Å². The summed E-state index contributed by atoms with van der Waals surface area (Å²) in [4.78, 5) is 12.7. The van der Waals surface area contributed by atoms with Gasteiger partial charge in [-0.3, -0.25) is 14.2 Å². The maximum atomic E-state index is 12.9. The normalized spacial score (nSPS) is 18.8. The molecule has 1 aliphatic heterocycles. The molecule has 0 radical (unpaired) electrons. The molecule has 10 heteroatoms. The number of carbonyl (C=O) groups excluding carboxylic acids is 1. The van der Waals surface area contributed by atoms with Crippen molar-refractivity contribution in [3.63, 3.8) is 0 Å². The minimum absolute atomic E-state index is 0.140. The third-order valence-corrected chi connectivity index (χ3v) is 6.74. The fraction of sp³-hybridized carbons (Fsp3) is 0.562. The van der Waals surface area contributed by atoms with Crippen LogP contribution in [0.2, 0.25) is 0 Å². The van der Waals surface area contributed by atoms with Gasteiger partial charge >= 0.3 is 0 Å². The van der Waals surface area contributed by atoms with Crippen LogP contribution in [0, 0.1) is 12.8 Å². The average Bonchev–Trinajstić information content (AvgIpc) is 3.19. The fourth-order valence-electron chi connectivity index (χ4n) is 3.13. The van der Waals surface area contributed by atoms with E-state index in [4.69, 9.17) is 0 Å². The van der Waals surface area contributed by atoms with Crippen LogP contribution in [0.1, 0.15) is 24.2 Å². The van der Waals surface area contributed by atoms with E-state index in [2.05, 4.69) is 15.5 Å². The highest BCUT2D eigenvalue weighted by Gasteiger charge is 2.34. The van der Waals surface area contributed by atoms with Gasteiger partial charge in [0.1, 0.15) is 4.90 Å². The Hall–Kier alpha value is -2.20. The molecule has 1 fully saturated rings. The Bertz CT molecular complexity index is 901. The Morgan fingerprint density at radius 2 is 2.15 bits per heavy atom. The molecule has 1 amide bonds. The first kappa shape index (κ1) is 18.6. The summed E-state index contributed by atoms with van der Waals surface area (Å²) < 4.78 is 30.4. The zero-order chi connectivity index (χ0) is 18.9. The van der Waals surface area contributed by atoms with Crippen molar-refractivity contribution in [3.05, 3.63) is 29.8 Å². The molecule has 1 N–H and O–H groups in total. The molecule has 0 bridgehead atoms. The van der Waals surface area contributed by atoms with Crippen LogP contribution in [0.5, 0.6) is 0 Å². The predicted octanol–water partition coefficient (Wildman–Crippen LogP) is 0.179. The Labute approximate surface area is 153 Å². The molecule has 0 aromatic carbocycles. The van der Waals surface area contributed by atoms with Gasteiger partial charge in [-0.05, 0) is 25.8 Å². The molecule has 26 heavy (non-hydrogen) atoms. The van der Waals surface area contributed by atoms with Gasteiger partial charge in [0, 0.05) is 33.4 Å². The van der Waals surface area contributed by atoms with E-state index in [0.29, 0.717) is 31.6 Å². The number of rotatable bonds is 5. The quantitative estimate of drug-likeness (QED) is 0.797. The number of aromatic nitrogens is 4. The van der Waals surface area contributed by atoms with Crippen LogP contribution < -0.4 is 5.32 Å². The van der Waals surface area contributed by atoms with Crippen LogP contribution in [-0.2, 0) is 35.5 Å². The molecular formula is C16H24N6O3S. The van der Waals surface area contributed by atoms with Gasteiger partial charge in [-0.1, -0.05) is 0 Å². The Morgan fingerprint density at radius 1 is 1.38 bits per heavy atom. The number of hydrogen-bond donors (Lipinski definition) is 1. The number of amides is 1. The zero-order valence-electron chi connectivity index (χ0n) is 15.2. The minimum Gasteiger partial charge on any atom is -0.350 e. The summed E-state index contributed by atoms with van der Waals surface area (Å²) in [6, 6.07) is 1.84. The summed E-state index contributed by atoms with van der Waals surface area (Å²) in [5, 5.41) is 11.1. The molecule has 0 saturated carbocycles. The fourth-order valence-corrected chi connectivity index (χ4v) is 4.83. The van der Waals surface area contributed by atoms with Crippen molar-refractivity contribution < 1.29 is 13.2 Å². The lowest BCUT2D eigenvalue weighted by Gasteiger charge is -2.31. The lowest BCUT2D eigenvalue weighted by molar-refractivity contribution is -0.126. The van der Waals surface area contributed by atoms with Crippen molar-refractivity contribution in [1.82, 2.24) is 29.2 Å². The third-order valence-electron chi connectivity index (χ3n) is 4.78. The zero-order valence-corrected chi connectivity index (χ0v) is 16.0.